The van der Waals surface area contributed by atoms with Gasteiger partial charge >= 0.3 is 0 Å². The number of methoxy groups -OCH3 is 1. The number of nitrogens with zero attached hydrogens (tertiary/aromatic N) is 2. The molecule has 1 aliphatic heterocycles. The molecule has 0 fully saturated rings. The summed E-state index contributed by atoms with van der Waals surface area (Å²) < 4.78 is 21.5. The maximum absolute atomic E-state index is 12.1. The number of benzene rings is 2. The van der Waals surface area contributed by atoms with Crippen LogP contribution >= 0.6 is 11.8 Å². The first-order valence-corrected chi connectivity index (χ1v) is 9.46. The number of ether oxygens (including phenoxy) is 3. The van der Waals surface area contributed by atoms with Crippen LogP contribution in [0.2, 0.25) is 0 Å². The summed E-state index contributed by atoms with van der Waals surface area (Å²) in [5.41, 5.74) is 1.63. The van der Waals surface area contributed by atoms with Crippen molar-refractivity contribution < 1.29 is 23.4 Å². The minimum Gasteiger partial charge on any atom is -0.496 e. The number of thioether (sulfide) groups is 1. The molecule has 8 nitrogen and oxygen atoms in total. The van der Waals surface area contributed by atoms with Crippen molar-refractivity contribution in [3.8, 4) is 28.7 Å². The van der Waals surface area contributed by atoms with Gasteiger partial charge in [0.1, 0.15) is 5.75 Å². The van der Waals surface area contributed by atoms with Crippen molar-refractivity contribution in [2.24, 2.45) is 0 Å². The molecule has 0 bridgehead atoms. The van der Waals surface area contributed by atoms with Gasteiger partial charge in [0.05, 0.1) is 12.9 Å². The van der Waals surface area contributed by atoms with Gasteiger partial charge in [-0.3, -0.25) is 4.79 Å². The molecular weight excluding hydrogens is 382 g/mol. The summed E-state index contributed by atoms with van der Waals surface area (Å²) in [4.78, 5) is 12.1. The van der Waals surface area contributed by atoms with Crippen LogP contribution in [0.5, 0.6) is 17.2 Å². The molecule has 1 aromatic heterocycles. The second kappa shape index (κ2) is 8.22. The van der Waals surface area contributed by atoms with Crippen LogP contribution in [0.25, 0.3) is 11.5 Å². The van der Waals surface area contributed by atoms with Gasteiger partial charge in [-0.15, -0.1) is 10.2 Å². The Labute approximate surface area is 165 Å². The largest absolute Gasteiger partial charge is 0.496 e. The van der Waals surface area contributed by atoms with Crippen LogP contribution in [0, 0.1) is 0 Å². The molecule has 9 heteroatoms. The minimum atomic E-state index is -0.140. The predicted molar refractivity (Wildman–Crippen MR) is 101 cm³/mol. The molecule has 2 aromatic carbocycles. The third kappa shape index (κ3) is 4.04. The third-order valence-corrected chi connectivity index (χ3v) is 4.84. The highest BCUT2D eigenvalue weighted by molar-refractivity contribution is 7.99. The highest BCUT2D eigenvalue weighted by atomic mass is 32.2. The standard InChI is InChI=1S/C19H17N3O5S/c1-24-14-5-3-2-4-13(14)9-20-17(23)10-28-19-22-21-18(27-19)12-6-7-15-16(8-12)26-11-25-15/h2-8H,9-11H2,1H3,(H,20,23). The predicted octanol–water partition coefficient (Wildman–Crippen LogP) is 2.88. The van der Waals surface area contributed by atoms with Gasteiger partial charge in [0.25, 0.3) is 5.22 Å². The summed E-state index contributed by atoms with van der Waals surface area (Å²) in [7, 11) is 1.60. The molecule has 0 saturated carbocycles. The molecule has 0 radical (unpaired) electrons. The van der Waals surface area contributed by atoms with Crippen LogP contribution in [0.3, 0.4) is 0 Å². The quantitative estimate of drug-likeness (QED) is 0.606. The summed E-state index contributed by atoms with van der Waals surface area (Å²) in [5.74, 6) is 2.44. The molecule has 1 amide bonds. The topological polar surface area (TPSA) is 95.7 Å². The highest BCUT2D eigenvalue weighted by Crippen LogP contribution is 2.36. The SMILES string of the molecule is COc1ccccc1CNC(=O)CSc1nnc(-c2ccc3c(c2)OCO3)o1. The monoisotopic (exact) mass is 399 g/mol. The lowest BCUT2D eigenvalue weighted by Gasteiger charge is -2.08. The molecule has 1 N–H and O–H groups in total. The number of amides is 1. The second-order valence-corrected chi connectivity index (χ2v) is 6.75. The average Bonchev–Trinajstić information content (AvgIpc) is 3.39. The molecule has 0 saturated heterocycles. The van der Waals surface area contributed by atoms with Crippen molar-refractivity contribution in [3.05, 3.63) is 48.0 Å². The molecule has 2 heterocycles. The van der Waals surface area contributed by atoms with E-state index >= 15 is 0 Å². The maximum atomic E-state index is 12.1. The van der Waals surface area contributed by atoms with Crippen molar-refractivity contribution in [1.29, 1.82) is 0 Å². The summed E-state index contributed by atoms with van der Waals surface area (Å²) in [6.07, 6.45) is 0. The van der Waals surface area contributed by atoms with E-state index in [1.807, 2.05) is 30.3 Å². The molecule has 144 valence electrons. The Morgan fingerprint density at radius 3 is 2.93 bits per heavy atom. The Kier molecular flexibility index (Phi) is 5.34. The number of aromatic nitrogens is 2. The lowest BCUT2D eigenvalue weighted by atomic mass is 10.2. The van der Waals surface area contributed by atoms with Crippen molar-refractivity contribution in [2.45, 2.75) is 11.8 Å². The third-order valence-electron chi connectivity index (χ3n) is 4.02. The first-order chi connectivity index (χ1) is 13.7. The van der Waals surface area contributed by atoms with Crippen molar-refractivity contribution in [3.63, 3.8) is 0 Å². The average molecular weight is 399 g/mol. The summed E-state index contributed by atoms with van der Waals surface area (Å²) in [6.45, 7) is 0.587. The van der Waals surface area contributed by atoms with Crippen molar-refractivity contribution >= 4 is 17.7 Å². The molecule has 0 atom stereocenters. The first kappa shape index (κ1) is 18.2. The maximum Gasteiger partial charge on any atom is 0.277 e. The van der Waals surface area contributed by atoms with E-state index in [1.165, 1.54) is 11.8 Å². The zero-order valence-electron chi connectivity index (χ0n) is 15.0. The molecule has 4 rings (SSSR count). The van der Waals surface area contributed by atoms with Crippen LogP contribution in [0.4, 0.5) is 0 Å². The number of carbonyl (C=O) groups excluding carboxylic acids is 1. The summed E-state index contributed by atoms with van der Waals surface area (Å²) >= 11 is 1.18. The van der Waals surface area contributed by atoms with Crippen LogP contribution in [0.1, 0.15) is 5.56 Å². The van der Waals surface area contributed by atoms with E-state index in [-0.39, 0.29) is 18.5 Å². The zero-order chi connectivity index (χ0) is 19.3. The number of hydrogen-bond acceptors (Lipinski definition) is 8. The van der Waals surface area contributed by atoms with E-state index in [1.54, 1.807) is 19.2 Å². The van der Waals surface area contributed by atoms with E-state index in [0.717, 1.165) is 16.9 Å². The number of hydrogen-bond donors (Lipinski definition) is 1. The number of nitrogens with one attached hydrogen (secondary N) is 1. The fourth-order valence-corrected chi connectivity index (χ4v) is 3.23. The number of rotatable bonds is 7. The van der Waals surface area contributed by atoms with Gasteiger partial charge in [-0.2, -0.15) is 0 Å². The van der Waals surface area contributed by atoms with Gasteiger partial charge in [0, 0.05) is 17.7 Å². The van der Waals surface area contributed by atoms with E-state index in [0.29, 0.717) is 29.2 Å². The molecule has 0 unspecified atom stereocenters. The lowest BCUT2D eigenvalue weighted by Crippen LogP contribution is -2.24. The molecule has 0 spiro atoms. The van der Waals surface area contributed by atoms with Gasteiger partial charge in [0.2, 0.25) is 18.6 Å². The molecule has 3 aromatic rings. The molecule has 1 aliphatic rings. The van der Waals surface area contributed by atoms with E-state index in [2.05, 4.69) is 15.5 Å². The van der Waals surface area contributed by atoms with Gasteiger partial charge in [-0.1, -0.05) is 30.0 Å². The van der Waals surface area contributed by atoms with Crippen LogP contribution < -0.4 is 19.5 Å². The number of para-hydroxylation sites is 1. The Hall–Kier alpha value is -3.20. The molecule has 0 aliphatic carbocycles. The van der Waals surface area contributed by atoms with Gasteiger partial charge in [-0.25, -0.2) is 0 Å². The fraction of sp³-hybridized carbons (Fsp3) is 0.211. The lowest BCUT2D eigenvalue weighted by molar-refractivity contribution is -0.118. The van der Waals surface area contributed by atoms with E-state index in [4.69, 9.17) is 18.6 Å². The van der Waals surface area contributed by atoms with Gasteiger partial charge < -0.3 is 23.9 Å². The highest BCUT2D eigenvalue weighted by Gasteiger charge is 2.17. The summed E-state index contributed by atoms with van der Waals surface area (Å²) in [5, 5.41) is 11.2. The van der Waals surface area contributed by atoms with Crippen molar-refractivity contribution in [2.75, 3.05) is 19.7 Å². The van der Waals surface area contributed by atoms with Crippen LogP contribution in [-0.4, -0.2) is 35.8 Å². The fourth-order valence-electron chi connectivity index (χ4n) is 2.64. The first-order valence-electron chi connectivity index (χ1n) is 8.48. The minimum absolute atomic E-state index is 0.140. The Bertz CT molecular complexity index is 991. The van der Waals surface area contributed by atoms with Gasteiger partial charge in [0.15, 0.2) is 11.5 Å². The number of fused-ring (bicyclic) bond motifs is 1. The Morgan fingerprint density at radius 1 is 1.18 bits per heavy atom. The zero-order valence-corrected chi connectivity index (χ0v) is 15.8. The number of carbonyl (C=O) groups is 1. The van der Waals surface area contributed by atoms with Gasteiger partial charge in [-0.05, 0) is 24.3 Å². The van der Waals surface area contributed by atoms with E-state index in [9.17, 15) is 4.79 Å². The Balaban J connectivity index is 1.31. The van der Waals surface area contributed by atoms with Crippen LogP contribution in [-0.2, 0) is 11.3 Å². The summed E-state index contributed by atoms with van der Waals surface area (Å²) in [6, 6.07) is 12.9. The smallest absolute Gasteiger partial charge is 0.277 e. The van der Waals surface area contributed by atoms with Crippen molar-refractivity contribution in [1.82, 2.24) is 15.5 Å². The molecule has 28 heavy (non-hydrogen) atoms. The Morgan fingerprint density at radius 2 is 2.04 bits per heavy atom. The normalized spacial score (nSPS) is 12.0. The second-order valence-electron chi connectivity index (χ2n) is 5.82. The molecular formula is C19H17N3O5S. The van der Waals surface area contributed by atoms with E-state index < -0.39 is 0 Å². The van der Waals surface area contributed by atoms with Crippen LogP contribution in [0.15, 0.2) is 52.1 Å².